The van der Waals surface area contributed by atoms with E-state index >= 15 is 0 Å². The summed E-state index contributed by atoms with van der Waals surface area (Å²) in [5.74, 6) is 0.929. The van der Waals surface area contributed by atoms with Gasteiger partial charge in [-0.15, -0.1) is 10.2 Å². The van der Waals surface area contributed by atoms with E-state index in [1.54, 1.807) is 13.2 Å². The second-order valence-electron chi connectivity index (χ2n) is 5.57. The minimum atomic E-state index is -0.609. The lowest BCUT2D eigenvalue weighted by atomic mass is 10.2. The third-order valence-corrected chi connectivity index (χ3v) is 4.36. The molecule has 0 fully saturated rings. The van der Waals surface area contributed by atoms with Crippen LogP contribution >= 0.6 is 15.9 Å². The van der Waals surface area contributed by atoms with E-state index in [0.29, 0.717) is 23.0 Å². The zero-order chi connectivity index (χ0) is 18.8. The number of benzene rings is 2. The molecule has 0 spiro atoms. The molecule has 8 nitrogen and oxygen atoms in total. The Balaban J connectivity index is 1.68. The van der Waals surface area contributed by atoms with Gasteiger partial charge in [0, 0.05) is 10.0 Å². The summed E-state index contributed by atoms with van der Waals surface area (Å²) in [4.78, 5) is 12.1. The summed E-state index contributed by atoms with van der Waals surface area (Å²) >= 11 is 3.40. The first-order valence-electron chi connectivity index (χ1n) is 7.94. The predicted octanol–water partition coefficient (Wildman–Crippen LogP) is 3.37. The Morgan fingerprint density at radius 3 is 2.81 bits per heavy atom. The maximum Gasteiger partial charge on any atom is 0.442 e. The molecule has 4 aromatic rings. The fourth-order valence-corrected chi connectivity index (χ4v) is 3.03. The van der Waals surface area contributed by atoms with Crippen LogP contribution in [-0.2, 0) is 6.54 Å². The van der Waals surface area contributed by atoms with E-state index in [4.69, 9.17) is 13.7 Å². The fourth-order valence-electron chi connectivity index (χ4n) is 2.63. The molecule has 0 bridgehead atoms. The van der Waals surface area contributed by atoms with Gasteiger partial charge in [0.2, 0.25) is 5.89 Å². The molecule has 2 heterocycles. The zero-order valence-electron chi connectivity index (χ0n) is 14.1. The highest BCUT2D eigenvalue weighted by Crippen LogP contribution is 2.28. The Kier molecular flexibility index (Phi) is 4.59. The standard InChI is InChI=1S/C18H13BrN4O4/c1-25-14-8-3-2-7-13(14)17-21-20-15(26-17)10-23-16(22-27-18(23)24)11-5-4-6-12(19)9-11/h2-9H,10H2,1H3. The molecule has 27 heavy (non-hydrogen) atoms. The second kappa shape index (κ2) is 7.20. The SMILES string of the molecule is COc1ccccc1-c1nnc(Cn2c(-c3cccc(Br)c3)noc2=O)o1. The maximum atomic E-state index is 12.1. The summed E-state index contributed by atoms with van der Waals surface area (Å²) in [5.41, 5.74) is 1.39. The van der Waals surface area contributed by atoms with E-state index in [-0.39, 0.29) is 12.4 Å². The molecule has 0 amide bonds. The van der Waals surface area contributed by atoms with Gasteiger partial charge in [0.15, 0.2) is 5.82 Å². The fraction of sp³-hybridized carbons (Fsp3) is 0.111. The highest BCUT2D eigenvalue weighted by atomic mass is 79.9. The van der Waals surface area contributed by atoms with E-state index in [9.17, 15) is 4.79 Å². The number of aromatic nitrogens is 4. The van der Waals surface area contributed by atoms with Crippen molar-refractivity contribution in [1.82, 2.24) is 19.9 Å². The van der Waals surface area contributed by atoms with Gasteiger partial charge in [-0.05, 0) is 24.3 Å². The quantitative estimate of drug-likeness (QED) is 0.480. The molecule has 0 unspecified atom stereocenters. The summed E-state index contributed by atoms with van der Waals surface area (Å²) in [6.07, 6.45) is 0. The van der Waals surface area contributed by atoms with Crippen LogP contribution in [0.3, 0.4) is 0 Å². The van der Waals surface area contributed by atoms with E-state index in [1.165, 1.54) is 4.57 Å². The van der Waals surface area contributed by atoms with Gasteiger partial charge in [0.05, 0.1) is 12.7 Å². The summed E-state index contributed by atoms with van der Waals surface area (Å²) in [5, 5.41) is 11.9. The molecule has 0 saturated carbocycles. The number of hydrogen-bond acceptors (Lipinski definition) is 7. The molecule has 0 N–H and O–H groups in total. The molecule has 0 atom stereocenters. The van der Waals surface area contributed by atoms with E-state index < -0.39 is 5.76 Å². The second-order valence-corrected chi connectivity index (χ2v) is 6.49. The largest absolute Gasteiger partial charge is 0.496 e. The molecule has 0 aliphatic heterocycles. The molecule has 0 aliphatic carbocycles. The summed E-state index contributed by atoms with van der Waals surface area (Å²) in [6.45, 7) is 0.0341. The first-order valence-corrected chi connectivity index (χ1v) is 8.73. The summed E-state index contributed by atoms with van der Waals surface area (Å²) in [7, 11) is 1.57. The van der Waals surface area contributed by atoms with Gasteiger partial charge in [-0.25, -0.2) is 9.36 Å². The zero-order valence-corrected chi connectivity index (χ0v) is 15.7. The Morgan fingerprint density at radius 1 is 1.15 bits per heavy atom. The average molecular weight is 429 g/mol. The van der Waals surface area contributed by atoms with Crippen molar-refractivity contribution in [1.29, 1.82) is 0 Å². The van der Waals surface area contributed by atoms with E-state index in [1.807, 2.05) is 42.5 Å². The van der Waals surface area contributed by atoms with Gasteiger partial charge >= 0.3 is 5.76 Å². The molecular formula is C18H13BrN4O4. The van der Waals surface area contributed by atoms with Crippen LogP contribution in [0, 0.1) is 0 Å². The molecule has 4 rings (SSSR count). The number of methoxy groups -OCH3 is 1. The van der Waals surface area contributed by atoms with Crippen molar-refractivity contribution < 1.29 is 13.7 Å². The number of nitrogens with zero attached hydrogens (tertiary/aromatic N) is 4. The number of rotatable bonds is 5. The van der Waals surface area contributed by atoms with Crippen LogP contribution in [0.25, 0.3) is 22.8 Å². The van der Waals surface area contributed by atoms with E-state index in [0.717, 1.165) is 10.0 Å². The van der Waals surface area contributed by atoms with Crippen molar-refractivity contribution in [3.8, 4) is 28.6 Å². The van der Waals surface area contributed by atoms with Gasteiger partial charge in [-0.3, -0.25) is 4.52 Å². The summed E-state index contributed by atoms with van der Waals surface area (Å²) in [6, 6.07) is 14.7. The van der Waals surface area contributed by atoms with Crippen molar-refractivity contribution in [2.24, 2.45) is 0 Å². The van der Waals surface area contributed by atoms with Gasteiger partial charge < -0.3 is 9.15 Å². The minimum Gasteiger partial charge on any atom is -0.496 e. The first-order chi connectivity index (χ1) is 13.2. The first kappa shape index (κ1) is 17.2. The van der Waals surface area contributed by atoms with Crippen LogP contribution in [0.4, 0.5) is 0 Å². The van der Waals surface area contributed by atoms with Crippen molar-refractivity contribution >= 4 is 15.9 Å². The van der Waals surface area contributed by atoms with Gasteiger partial charge in [0.25, 0.3) is 5.89 Å². The third kappa shape index (κ3) is 3.41. The van der Waals surface area contributed by atoms with Gasteiger partial charge in [0.1, 0.15) is 12.3 Å². The third-order valence-electron chi connectivity index (χ3n) is 3.87. The lowest BCUT2D eigenvalue weighted by molar-refractivity contribution is 0.373. The minimum absolute atomic E-state index is 0.0341. The highest BCUT2D eigenvalue weighted by Gasteiger charge is 2.18. The number of ether oxygens (including phenoxy) is 1. The maximum absolute atomic E-state index is 12.1. The Morgan fingerprint density at radius 2 is 2.00 bits per heavy atom. The average Bonchev–Trinajstić information content (AvgIpc) is 3.29. The van der Waals surface area contributed by atoms with Crippen LogP contribution in [-0.4, -0.2) is 27.0 Å². The van der Waals surface area contributed by atoms with Crippen LogP contribution in [0.5, 0.6) is 5.75 Å². The van der Waals surface area contributed by atoms with Gasteiger partial charge in [-0.2, -0.15) is 0 Å². The Labute approximate surface area is 161 Å². The molecule has 2 aromatic heterocycles. The van der Waals surface area contributed by atoms with Crippen molar-refractivity contribution in [2.75, 3.05) is 7.11 Å². The molecule has 2 aromatic carbocycles. The topological polar surface area (TPSA) is 96.2 Å². The normalized spacial score (nSPS) is 10.9. The summed E-state index contributed by atoms with van der Waals surface area (Å²) < 4.78 is 18.0. The number of halogens is 1. The lowest BCUT2D eigenvalue weighted by Gasteiger charge is -2.04. The predicted molar refractivity (Wildman–Crippen MR) is 99.3 cm³/mol. The number of para-hydroxylation sites is 1. The van der Waals surface area contributed by atoms with Crippen molar-refractivity contribution in [3.63, 3.8) is 0 Å². The molecular weight excluding hydrogens is 416 g/mol. The van der Waals surface area contributed by atoms with Crippen LogP contribution in [0.2, 0.25) is 0 Å². The van der Waals surface area contributed by atoms with Crippen LogP contribution in [0.1, 0.15) is 5.89 Å². The molecule has 9 heteroatoms. The molecule has 0 saturated heterocycles. The van der Waals surface area contributed by atoms with Gasteiger partial charge in [-0.1, -0.05) is 45.4 Å². The molecule has 136 valence electrons. The van der Waals surface area contributed by atoms with Crippen LogP contribution in [0.15, 0.2) is 66.7 Å². The van der Waals surface area contributed by atoms with E-state index in [2.05, 4.69) is 31.3 Å². The molecule has 0 radical (unpaired) electrons. The lowest BCUT2D eigenvalue weighted by Crippen LogP contribution is -2.16. The number of hydrogen-bond donors (Lipinski definition) is 0. The molecule has 0 aliphatic rings. The Hall–Kier alpha value is -3.20. The highest BCUT2D eigenvalue weighted by molar-refractivity contribution is 9.10. The monoisotopic (exact) mass is 428 g/mol. The van der Waals surface area contributed by atoms with Crippen molar-refractivity contribution in [3.05, 3.63) is 69.4 Å². The van der Waals surface area contributed by atoms with Crippen LogP contribution < -0.4 is 10.5 Å². The Bertz CT molecular complexity index is 1150. The van der Waals surface area contributed by atoms with Crippen molar-refractivity contribution in [2.45, 2.75) is 6.54 Å². The smallest absolute Gasteiger partial charge is 0.442 e.